The standard InChI is InChI=1S/C28H33F3N2O/c1-20-14-15-24-23(19-20)27(16-8-17-32-26(34)28(29,30)31)21(2)9-6-13-25(27)33(24)18-7-12-22-10-4-3-5-11-22/h3-5,10-11,14-15,19,25H,2,6-9,12-13,16-18H2,1H3,(H,32,34)/t25?,27-/m0/s1. The maximum atomic E-state index is 12.6. The number of alkyl halides is 3. The molecule has 2 aromatic rings. The van der Waals surface area contributed by atoms with Crippen molar-refractivity contribution in [3.8, 4) is 0 Å². The van der Waals surface area contributed by atoms with Gasteiger partial charge in [-0.05, 0) is 69.1 Å². The Labute approximate surface area is 200 Å². The molecule has 6 heteroatoms. The lowest BCUT2D eigenvalue weighted by Crippen LogP contribution is -2.49. The Hall–Kier alpha value is -2.76. The van der Waals surface area contributed by atoms with Crippen LogP contribution < -0.4 is 10.2 Å². The Bertz CT molecular complexity index is 1030. The van der Waals surface area contributed by atoms with Crippen LogP contribution in [0, 0.1) is 6.92 Å². The van der Waals surface area contributed by atoms with Crippen molar-refractivity contribution in [2.75, 3.05) is 18.0 Å². The molecule has 1 unspecified atom stereocenters. The normalized spacial score (nSPS) is 21.8. The van der Waals surface area contributed by atoms with Crippen molar-refractivity contribution in [2.45, 2.75) is 69.5 Å². The first kappa shape index (κ1) is 24.4. The highest BCUT2D eigenvalue weighted by atomic mass is 19.4. The van der Waals surface area contributed by atoms with Crippen LogP contribution in [0.15, 0.2) is 60.7 Å². The van der Waals surface area contributed by atoms with Crippen molar-refractivity contribution < 1.29 is 18.0 Å². The van der Waals surface area contributed by atoms with Crippen LogP contribution in [-0.2, 0) is 16.6 Å². The number of hydrogen-bond acceptors (Lipinski definition) is 2. The molecule has 1 amide bonds. The number of carbonyl (C=O) groups is 1. The first-order chi connectivity index (χ1) is 16.2. The summed E-state index contributed by atoms with van der Waals surface area (Å²) < 4.78 is 37.8. The van der Waals surface area contributed by atoms with Crippen LogP contribution in [-0.4, -0.2) is 31.2 Å². The lowest BCUT2D eigenvalue weighted by atomic mass is 9.62. The molecule has 0 aromatic heterocycles. The van der Waals surface area contributed by atoms with Gasteiger partial charge in [0.25, 0.3) is 0 Å². The number of aryl methyl sites for hydroxylation is 2. The van der Waals surface area contributed by atoms with E-state index in [0.717, 1.165) is 38.6 Å². The molecule has 1 heterocycles. The Morgan fingerprint density at radius 3 is 2.68 bits per heavy atom. The quantitative estimate of drug-likeness (QED) is 0.365. The van der Waals surface area contributed by atoms with E-state index in [0.29, 0.717) is 12.8 Å². The van der Waals surface area contributed by atoms with Gasteiger partial charge in [0, 0.05) is 30.2 Å². The number of benzene rings is 2. The SMILES string of the molecule is C=C1CCCC2N(CCCc3ccccc3)c3ccc(C)cc3[C@]12CCCNC(=O)C(F)(F)F. The summed E-state index contributed by atoms with van der Waals surface area (Å²) in [5.74, 6) is -1.87. The summed E-state index contributed by atoms with van der Waals surface area (Å²) in [5.41, 5.74) is 5.87. The second-order valence-electron chi connectivity index (χ2n) is 9.64. The number of halogens is 3. The van der Waals surface area contributed by atoms with Gasteiger partial charge in [0.05, 0.1) is 0 Å². The third kappa shape index (κ3) is 4.73. The fourth-order valence-corrected chi connectivity index (χ4v) is 5.95. The van der Waals surface area contributed by atoms with Crippen LogP contribution >= 0.6 is 0 Å². The van der Waals surface area contributed by atoms with Crippen LogP contribution in [0.1, 0.15) is 55.2 Å². The van der Waals surface area contributed by atoms with Gasteiger partial charge in [-0.2, -0.15) is 13.2 Å². The molecule has 3 nitrogen and oxygen atoms in total. The summed E-state index contributed by atoms with van der Waals surface area (Å²) in [6.45, 7) is 7.49. The fourth-order valence-electron chi connectivity index (χ4n) is 5.95. The van der Waals surface area contributed by atoms with Gasteiger partial charge >= 0.3 is 12.1 Å². The highest BCUT2D eigenvalue weighted by molar-refractivity contribution is 5.81. The molecule has 1 fully saturated rings. The van der Waals surface area contributed by atoms with Crippen molar-refractivity contribution in [1.82, 2.24) is 5.32 Å². The van der Waals surface area contributed by atoms with Crippen molar-refractivity contribution >= 4 is 11.6 Å². The van der Waals surface area contributed by atoms with Gasteiger partial charge in [0.15, 0.2) is 0 Å². The van der Waals surface area contributed by atoms with Crippen molar-refractivity contribution in [3.63, 3.8) is 0 Å². The molecule has 1 aliphatic heterocycles. The minimum absolute atomic E-state index is 0.00918. The first-order valence-electron chi connectivity index (χ1n) is 12.2. The Kier molecular flexibility index (Phi) is 7.06. The van der Waals surface area contributed by atoms with E-state index in [4.69, 9.17) is 0 Å². The Morgan fingerprint density at radius 2 is 1.94 bits per heavy atom. The molecule has 0 saturated heterocycles. The molecule has 182 valence electrons. The maximum Gasteiger partial charge on any atom is 0.471 e. The van der Waals surface area contributed by atoms with E-state index in [1.165, 1.54) is 28.0 Å². The number of anilines is 1. The summed E-state index contributed by atoms with van der Waals surface area (Å²) in [6.07, 6.45) is 1.37. The number of nitrogens with zero attached hydrogens (tertiary/aromatic N) is 1. The minimum Gasteiger partial charge on any atom is -0.367 e. The van der Waals surface area contributed by atoms with Gasteiger partial charge < -0.3 is 10.2 Å². The topological polar surface area (TPSA) is 32.3 Å². The molecule has 2 aliphatic rings. The number of nitrogens with one attached hydrogen (secondary N) is 1. The van der Waals surface area contributed by atoms with Crippen LogP contribution in [0.5, 0.6) is 0 Å². The molecule has 4 rings (SSSR count). The van der Waals surface area contributed by atoms with Crippen LogP contribution in [0.4, 0.5) is 18.9 Å². The van der Waals surface area contributed by atoms with Crippen molar-refractivity contribution in [2.24, 2.45) is 0 Å². The number of carbonyl (C=O) groups excluding carboxylic acids is 1. The molecule has 1 saturated carbocycles. The fraction of sp³-hybridized carbons (Fsp3) is 0.464. The summed E-state index contributed by atoms with van der Waals surface area (Å²) >= 11 is 0. The van der Waals surface area contributed by atoms with Gasteiger partial charge in [-0.3, -0.25) is 4.79 Å². The summed E-state index contributed by atoms with van der Waals surface area (Å²) in [4.78, 5) is 13.8. The van der Waals surface area contributed by atoms with Gasteiger partial charge in [-0.25, -0.2) is 0 Å². The summed E-state index contributed by atoms with van der Waals surface area (Å²) in [6, 6.07) is 17.3. The van der Waals surface area contributed by atoms with E-state index < -0.39 is 12.1 Å². The summed E-state index contributed by atoms with van der Waals surface area (Å²) in [7, 11) is 0. The molecule has 1 aliphatic carbocycles. The van der Waals surface area contributed by atoms with Gasteiger partial charge in [0.2, 0.25) is 0 Å². The van der Waals surface area contributed by atoms with Crippen molar-refractivity contribution in [3.05, 3.63) is 77.4 Å². The van der Waals surface area contributed by atoms with E-state index in [1.54, 1.807) is 0 Å². The second-order valence-corrected chi connectivity index (χ2v) is 9.64. The molecule has 1 N–H and O–H groups in total. The molecule has 2 aromatic carbocycles. The zero-order valence-electron chi connectivity index (χ0n) is 19.8. The zero-order valence-corrected chi connectivity index (χ0v) is 19.8. The molecule has 0 radical (unpaired) electrons. The lowest BCUT2D eigenvalue weighted by Gasteiger charge is -2.45. The van der Waals surface area contributed by atoms with E-state index >= 15 is 0 Å². The molecular weight excluding hydrogens is 437 g/mol. The zero-order chi connectivity index (χ0) is 24.3. The summed E-state index contributed by atoms with van der Waals surface area (Å²) in [5, 5.41) is 2.05. The molecule has 2 atom stereocenters. The highest BCUT2D eigenvalue weighted by Crippen LogP contribution is 2.56. The third-order valence-electron chi connectivity index (χ3n) is 7.47. The first-order valence-corrected chi connectivity index (χ1v) is 12.2. The van der Waals surface area contributed by atoms with Gasteiger partial charge in [-0.15, -0.1) is 0 Å². The van der Waals surface area contributed by atoms with E-state index in [2.05, 4.69) is 60.9 Å². The number of amides is 1. The van der Waals surface area contributed by atoms with Crippen molar-refractivity contribution in [1.29, 1.82) is 0 Å². The predicted octanol–water partition coefficient (Wildman–Crippen LogP) is 6.25. The largest absolute Gasteiger partial charge is 0.471 e. The van der Waals surface area contributed by atoms with Crippen LogP contribution in [0.2, 0.25) is 0 Å². The minimum atomic E-state index is -4.85. The lowest BCUT2D eigenvalue weighted by molar-refractivity contribution is -0.173. The van der Waals surface area contributed by atoms with Gasteiger partial charge in [-0.1, -0.05) is 60.2 Å². The average Bonchev–Trinajstić information content (AvgIpc) is 3.07. The monoisotopic (exact) mass is 470 g/mol. The molecule has 34 heavy (non-hydrogen) atoms. The predicted molar refractivity (Wildman–Crippen MR) is 130 cm³/mol. The third-order valence-corrected chi connectivity index (χ3v) is 7.47. The molecule has 0 spiro atoms. The van der Waals surface area contributed by atoms with E-state index in [1.807, 2.05) is 11.4 Å². The maximum absolute atomic E-state index is 12.6. The van der Waals surface area contributed by atoms with E-state index in [-0.39, 0.29) is 18.0 Å². The van der Waals surface area contributed by atoms with E-state index in [9.17, 15) is 18.0 Å². The number of hydrogen-bond donors (Lipinski definition) is 1. The molecule has 0 bridgehead atoms. The highest BCUT2D eigenvalue weighted by Gasteiger charge is 2.53. The second kappa shape index (κ2) is 9.85. The number of rotatable bonds is 8. The Morgan fingerprint density at radius 1 is 1.18 bits per heavy atom. The smallest absolute Gasteiger partial charge is 0.367 e. The van der Waals surface area contributed by atoms with Crippen LogP contribution in [0.25, 0.3) is 0 Å². The van der Waals surface area contributed by atoms with Gasteiger partial charge in [0.1, 0.15) is 0 Å². The molecular formula is C28H33F3N2O. The van der Waals surface area contributed by atoms with Crippen LogP contribution in [0.3, 0.4) is 0 Å². The Balaban J connectivity index is 1.55. The average molecular weight is 471 g/mol. The number of fused-ring (bicyclic) bond motifs is 3.